The lowest BCUT2D eigenvalue weighted by Crippen LogP contribution is -2.27. The minimum Gasteiger partial charge on any atom is -0.350 e. The molecule has 4 nitrogen and oxygen atoms in total. The van der Waals surface area contributed by atoms with Crippen LogP contribution in [0.25, 0.3) is 4.96 Å². The van der Waals surface area contributed by atoms with Crippen LogP contribution in [0.5, 0.6) is 0 Å². The molecule has 6 heteroatoms. The van der Waals surface area contributed by atoms with E-state index < -0.39 is 0 Å². The predicted molar refractivity (Wildman–Crippen MR) is 90.0 cm³/mol. The Morgan fingerprint density at radius 3 is 2.77 bits per heavy atom. The van der Waals surface area contributed by atoms with Crippen molar-refractivity contribution < 1.29 is 4.79 Å². The van der Waals surface area contributed by atoms with Crippen LogP contribution in [0.1, 0.15) is 26.6 Å². The molecule has 0 atom stereocenters. The van der Waals surface area contributed by atoms with Crippen molar-refractivity contribution in [2.75, 3.05) is 6.54 Å². The number of amides is 1. The van der Waals surface area contributed by atoms with E-state index in [4.69, 9.17) is 11.6 Å². The van der Waals surface area contributed by atoms with Crippen LogP contribution in [0.2, 0.25) is 5.02 Å². The molecule has 0 saturated heterocycles. The first-order valence-electron chi connectivity index (χ1n) is 7.02. The van der Waals surface area contributed by atoms with E-state index in [1.807, 2.05) is 48.7 Å². The highest BCUT2D eigenvalue weighted by Crippen LogP contribution is 2.20. The van der Waals surface area contributed by atoms with Gasteiger partial charge < -0.3 is 5.32 Å². The monoisotopic (exact) mass is 333 g/mol. The van der Waals surface area contributed by atoms with Crippen molar-refractivity contribution in [3.63, 3.8) is 0 Å². The van der Waals surface area contributed by atoms with Gasteiger partial charge in [-0.05, 0) is 38.0 Å². The highest BCUT2D eigenvalue weighted by Gasteiger charge is 2.17. The smallest absolute Gasteiger partial charge is 0.270 e. The molecule has 0 unspecified atom stereocenters. The van der Waals surface area contributed by atoms with Crippen LogP contribution in [0.4, 0.5) is 0 Å². The second-order valence-electron chi connectivity index (χ2n) is 5.17. The van der Waals surface area contributed by atoms with Gasteiger partial charge in [0.2, 0.25) is 0 Å². The van der Waals surface area contributed by atoms with Gasteiger partial charge in [-0.3, -0.25) is 9.20 Å². The maximum absolute atomic E-state index is 12.4. The van der Waals surface area contributed by atoms with Crippen LogP contribution in [-0.2, 0) is 6.42 Å². The zero-order valence-corrected chi connectivity index (χ0v) is 14.0. The fourth-order valence-corrected chi connectivity index (χ4v) is 3.39. The van der Waals surface area contributed by atoms with Crippen molar-refractivity contribution in [2.24, 2.45) is 0 Å². The number of nitrogens with one attached hydrogen (secondary N) is 1. The second-order valence-corrected chi connectivity index (χ2v) is 6.82. The number of aryl methyl sites for hydroxylation is 2. The summed E-state index contributed by atoms with van der Waals surface area (Å²) in [4.78, 5) is 18.8. The standard InChI is InChI=1S/C16H16ClN3OS/c1-10-9-20-14(11(2)19-16(20)22-10)15(21)18-8-7-12-3-5-13(17)6-4-12/h3-6,9H,7-8H2,1-2H3,(H,18,21). The number of carbonyl (C=O) groups excluding carboxylic acids is 1. The van der Waals surface area contributed by atoms with Gasteiger partial charge in [-0.2, -0.15) is 0 Å². The quantitative estimate of drug-likeness (QED) is 0.792. The third-order valence-electron chi connectivity index (χ3n) is 3.44. The topological polar surface area (TPSA) is 46.4 Å². The van der Waals surface area contributed by atoms with Crippen LogP contribution >= 0.6 is 22.9 Å². The Balaban J connectivity index is 1.68. The van der Waals surface area contributed by atoms with Crippen molar-refractivity contribution >= 4 is 33.8 Å². The van der Waals surface area contributed by atoms with Gasteiger partial charge in [0.25, 0.3) is 5.91 Å². The van der Waals surface area contributed by atoms with Crippen LogP contribution in [0.3, 0.4) is 0 Å². The molecule has 0 radical (unpaired) electrons. The van der Waals surface area contributed by atoms with Gasteiger partial charge in [0.15, 0.2) is 4.96 Å². The van der Waals surface area contributed by atoms with Gasteiger partial charge in [0, 0.05) is 22.6 Å². The molecule has 3 rings (SSSR count). The maximum Gasteiger partial charge on any atom is 0.270 e. The molecule has 0 aliphatic heterocycles. The summed E-state index contributed by atoms with van der Waals surface area (Å²) in [6, 6.07) is 7.66. The lowest BCUT2D eigenvalue weighted by molar-refractivity contribution is 0.0947. The van der Waals surface area contributed by atoms with Gasteiger partial charge in [-0.1, -0.05) is 23.7 Å². The lowest BCUT2D eigenvalue weighted by Gasteiger charge is -2.05. The van der Waals surface area contributed by atoms with E-state index in [1.54, 1.807) is 11.3 Å². The lowest BCUT2D eigenvalue weighted by atomic mass is 10.1. The van der Waals surface area contributed by atoms with E-state index >= 15 is 0 Å². The van der Waals surface area contributed by atoms with Gasteiger partial charge in [-0.25, -0.2) is 4.98 Å². The molecule has 114 valence electrons. The average molecular weight is 334 g/mol. The summed E-state index contributed by atoms with van der Waals surface area (Å²) < 4.78 is 1.87. The van der Waals surface area contributed by atoms with E-state index in [2.05, 4.69) is 10.3 Å². The Kier molecular flexibility index (Phi) is 4.18. The zero-order valence-electron chi connectivity index (χ0n) is 12.4. The van der Waals surface area contributed by atoms with E-state index in [-0.39, 0.29) is 5.91 Å². The molecule has 0 spiro atoms. The number of aromatic nitrogens is 2. The molecular formula is C16H16ClN3OS. The highest BCUT2D eigenvalue weighted by molar-refractivity contribution is 7.17. The van der Waals surface area contributed by atoms with Gasteiger partial charge in [0.1, 0.15) is 5.69 Å². The Hall–Kier alpha value is -1.85. The van der Waals surface area contributed by atoms with E-state index in [1.165, 1.54) is 0 Å². The van der Waals surface area contributed by atoms with E-state index in [0.29, 0.717) is 12.2 Å². The van der Waals surface area contributed by atoms with Crippen LogP contribution in [-0.4, -0.2) is 21.8 Å². The molecule has 0 bridgehead atoms. The largest absolute Gasteiger partial charge is 0.350 e. The summed E-state index contributed by atoms with van der Waals surface area (Å²) in [5.74, 6) is -0.0863. The normalized spacial score (nSPS) is 11.0. The van der Waals surface area contributed by atoms with Crippen molar-refractivity contribution in [3.05, 3.63) is 57.3 Å². The Bertz CT molecular complexity index is 820. The van der Waals surface area contributed by atoms with Crippen LogP contribution in [0.15, 0.2) is 30.5 Å². The summed E-state index contributed by atoms with van der Waals surface area (Å²) in [6.07, 6.45) is 2.72. The number of thiazole rings is 1. The molecule has 2 aromatic heterocycles. The third kappa shape index (κ3) is 3.00. The number of benzene rings is 1. The first kappa shape index (κ1) is 15.1. The SMILES string of the molecule is Cc1cn2c(C(=O)NCCc3ccc(Cl)cc3)c(C)nc2s1. The first-order chi connectivity index (χ1) is 10.5. The van der Waals surface area contributed by atoms with Gasteiger partial charge in [-0.15, -0.1) is 11.3 Å². The van der Waals surface area contributed by atoms with Crippen molar-refractivity contribution in [1.29, 1.82) is 0 Å². The molecule has 0 aliphatic rings. The summed E-state index contributed by atoms with van der Waals surface area (Å²) in [7, 11) is 0. The average Bonchev–Trinajstić information content (AvgIpc) is 2.95. The summed E-state index contributed by atoms with van der Waals surface area (Å²) in [6.45, 7) is 4.45. The minimum absolute atomic E-state index is 0.0863. The fourth-order valence-electron chi connectivity index (χ4n) is 2.39. The van der Waals surface area contributed by atoms with Gasteiger partial charge >= 0.3 is 0 Å². The minimum atomic E-state index is -0.0863. The molecule has 22 heavy (non-hydrogen) atoms. The zero-order chi connectivity index (χ0) is 15.7. The van der Waals surface area contributed by atoms with Crippen molar-refractivity contribution in [3.8, 4) is 0 Å². The molecule has 1 N–H and O–H groups in total. The fraction of sp³-hybridized carbons (Fsp3) is 0.250. The number of rotatable bonds is 4. The number of imidazole rings is 1. The summed E-state index contributed by atoms with van der Waals surface area (Å²) in [5, 5.41) is 3.68. The maximum atomic E-state index is 12.4. The Morgan fingerprint density at radius 2 is 2.05 bits per heavy atom. The second kappa shape index (κ2) is 6.10. The Morgan fingerprint density at radius 1 is 1.32 bits per heavy atom. The molecular weight excluding hydrogens is 318 g/mol. The molecule has 1 amide bonds. The van der Waals surface area contributed by atoms with Crippen molar-refractivity contribution in [1.82, 2.24) is 14.7 Å². The molecule has 2 heterocycles. The number of hydrogen-bond acceptors (Lipinski definition) is 3. The number of halogens is 1. The number of hydrogen-bond donors (Lipinski definition) is 1. The van der Waals surface area contributed by atoms with Gasteiger partial charge in [0.05, 0.1) is 5.69 Å². The Labute approximate surface area is 137 Å². The molecule has 0 aliphatic carbocycles. The summed E-state index contributed by atoms with van der Waals surface area (Å²) in [5.41, 5.74) is 2.52. The number of carbonyl (C=O) groups is 1. The third-order valence-corrected chi connectivity index (χ3v) is 4.59. The van der Waals surface area contributed by atoms with Crippen molar-refractivity contribution in [2.45, 2.75) is 20.3 Å². The predicted octanol–water partition coefficient (Wildman–Crippen LogP) is 3.64. The van der Waals surface area contributed by atoms with E-state index in [0.717, 1.165) is 32.5 Å². The van der Waals surface area contributed by atoms with Crippen LogP contribution < -0.4 is 5.32 Å². The summed E-state index contributed by atoms with van der Waals surface area (Å²) >= 11 is 7.45. The first-order valence-corrected chi connectivity index (χ1v) is 8.22. The highest BCUT2D eigenvalue weighted by atomic mass is 35.5. The molecule has 3 aromatic rings. The van der Waals surface area contributed by atoms with E-state index in [9.17, 15) is 4.79 Å². The number of nitrogens with zero attached hydrogens (tertiary/aromatic N) is 2. The number of fused-ring (bicyclic) bond motifs is 1. The van der Waals surface area contributed by atoms with Crippen LogP contribution in [0, 0.1) is 13.8 Å². The molecule has 0 fully saturated rings. The molecule has 0 saturated carbocycles. The molecule has 1 aromatic carbocycles.